The van der Waals surface area contributed by atoms with Crippen LogP contribution in [0.15, 0.2) is 48.9 Å². The van der Waals surface area contributed by atoms with E-state index in [0.29, 0.717) is 13.0 Å². The van der Waals surface area contributed by atoms with Gasteiger partial charge in [-0.2, -0.15) is 5.10 Å². The summed E-state index contributed by atoms with van der Waals surface area (Å²) >= 11 is 0. The van der Waals surface area contributed by atoms with E-state index in [2.05, 4.69) is 20.4 Å². The van der Waals surface area contributed by atoms with E-state index in [1.807, 2.05) is 55.8 Å². The van der Waals surface area contributed by atoms with Crippen molar-refractivity contribution in [1.29, 1.82) is 0 Å². The molecule has 26 heavy (non-hydrogen) atoms. The van der Waals surface area contributed by atoms with E-state index in [1.54, 1.807) is 4.52 Å². The molecule has 0 aliphatic carbocycles. The lowest BCUT2D eigenvalue weighted by atomic mass is 10.1. The molecule has 0 aliphatic rings. The molecule has 132 valence electrons. The molecule has 4 aromatic rings. The Hall–Kier alpha value is -3.15. The smallest absolute Gasteiger partial charge is 0.224 e. The molecular formula is C20H21N5O. The Kier molecular flexibility index (Phi) is 4.39. The summed E-state index contributed by atoms with van der Waals surface area (Å²) in [4.78, 5) is 19.8. The van der Waals surface area contributed by atoms with E-state index in [1.165, 1.54) is 0 Å². The summed E-state index contributed by atoms with van der Waals surface area (Å²) in [5.41, 5.74) is 5.03. The van der Waals surface area contributed by atoms with E-state index in [0.717, 1.165) is 46.2 Å². The van der Waals surface area contributed by atoms with Gasteiger partial charge in [0.25, 0.3) is 0 Å². The third-order valence-corrected chi connectivity index (χ3v) is 4.48. The van der Waals surface area contributed by atoms with E-state index in [-0.39, 0.29) is 5.91 Å². The number of H-pyrrole nitrogens is 1. The number of nitrogens with zero attached hydrogens (tertiary/aromatic N) is 3. The number of hydrogen-bond acceptors (Lipinski definition) is 3. The third kappa shape index (κ3) is 3.44. The van der Waals surface area contributed by atoms with Crippen LogP contribution in [0, 0.1) is 6.92 Å². The van der Waals surface area contributed by atoms with Gasteiger partial charge in [0, 0.05) is 42.1 Å². The van der Waals surface area contributed by atoms with Crippen molar-refractivity contribution < 1.29 is 4.79 Å². The zero-order chi connectivity index (χ0) is 17.9. The Labute approximate surface area is 151 Å². The summed E-state index contributed by atoms with van der Waals surface area (Å²) in [6.45, 7) is 2.61. The fourth-order valence-corrected chi connectivity index (χ4v) is 3.20. The molecule has 0 fully saturated rings. The first-order valence-corrected chi connectivity index (χ1v) is 8.81. The highest BCUT2D eigenvalue weighted by Gasteiger charge is 2.08. The first-order chi connectivity index (χ1) is 12.7. The van der Waals surface area contributed by atoms with Crippen LogP contribution in [0.5, 0.6) is 0 Å². The molecule has 2 N–H and O–H groups in total. The van der Waals surface area contributed by atoms with Gasteiger partial charge in [-0.3, -0.25) is 4.79 Å². The predicted octanol–water partition coefficient (Wildman–Crippen LogP) is 2.81. The zero-order valence-electron chi connectivity index (χ0n) is 14.7. The maximum absolute atomic E-state index is 12.2. The molecule has 0 unspecified atom stereocenters. The second-order valence-electron chi connectivity index (χ2n) is 6.54. The minimum Gasteiger partial charge on any atom is -0.361 e. The Morgan fingerprint density at radius 3 is 3.12 bits per heavy atom. The van der Waals surface area contributed by atoms with Crippen LogP contribution in [0.2, 0.25) is 0 Å². The number of amides is 1. The number of aryl methyl sites for hydroxylation is 2. The standard InChI is InChI=1S/C20H21N5O/c1-14-9-19-23-11-15(13-25(19)24-14)5-4-8-21-20(26)10-16-12-22-18-7-3-2-6-17(16)18/h2-3,6-7,9,11-13,22H,4-5,8,10H2,1H3,(H,21,26). The highest BCUT2D eigenvalue weighted by atomic mass is 16.1. The van der Waals surface area contributed by atoms with Crippen LogP contribution in [0.3, 0.4) is 0 Å². The number of carbonyl (C=O) groups excluding carboxylic acids is 1. The Balaban J connectivity index is 1.28. The van der Waals surface area contributed by atoms with Gasteiger partial charge in [0.15, 0.2) is 5.65 Å². The molecule has 3 heterocycles. The highest BCUT2D eigenvalue weighted by molar-refractivity contribution is 5.88. The SMILES string of the molecule is Cc1cc2ncc(CCCNC(=O)Cc3c[nH]c4ccccc34)cn2n1. The summed E-state index contributed by atoms with van der Waals surface area (Å²) in [5.74, 6) is 0.0473. The number of fused-ring (bicyclic) bond motifs is 2. The summed E-state index contributed by atoms with van der Waals surface area (Å²) in [6, 6.07) is 9.98. The maximum atomic E-state index is 12.2. The summed E-state index contributed by atoms with van der Waals surface area (Å²) in [7, 11) is 0. The number of rotatable bonds is 6. The van der Waals surface area contributed by atoms with E-state index >= 15 is 0 Å². The molecule has 0 radical (unpaired) electrons. The molecule has 0 spiro atoms. The molecule has 4 rings (SSSR count). The zero-order valence-corrected chi connectivity index (χ0v) is 14.7. The lowest BCUT2D eigenvalue weighted by Gasteiger charge is -2.05. The van der Waals surface area contributed by atoms with E-state index in [9.17, 15) is 4.79 Å². The maximum Gasteiger partial charge on any atom is 0.224 e. The second kappa shape index (κ2) is 7.00. The lowest BCUT2D eigenvalue weighted by molar-refractivity contribution is -0.120. The van der Waals surface area contributed by atoms with Crippen molar-refractivity contribution in [2.24, 2.45) is 0 Å². The van der Waals surface area contributed by atoms with E-state index < -0.39 is 0 Å². The molecule has 1 aromatic carbocycles. The molecule has 0 bridgehead atoms. The van der Waals surface area contributed by atoms with Gasteiger partial charge < -0.3 is 10.3 Å². The van der Waals surface area contributed by atoms with Crippen LogP contribution < -0.4 is 5.32 Å². The molecular weight excluding hydrogens is 326 g/mol. The van der Waals surface area contributed by atoms with E-state index in [4.69, 9.17) is 0 Å². The van der Waals surface area contributed by atoms with Gasteiger partial charge in [-0.05, 0) is 37.0 Å². The number of aromatic amines is 1. The quantitative estimate of drug-likeness (QED) is 0.527. The average molecular weight is 347 g/mol. The van der Waals surface area contributed by atoms with Crippen LogP contribution in [-0.4, -0.2) is 32.0 Å². The molecule has 0 atom stereocenters. The van der Waals surface area contributed by atoms with Crippen molar-refractivity contribution in [2.75, 3.05) is 6.54 Å². The van der Waals surface area contributed by atoms with Gasteiger partial charge in [0.1, 0.15) is 0 Å². The molecule has 1 amide bonds. The Bertz CT molecular complexity index is 1060. The number of nitrogens with one attached hydrogen (secondary N) is 2. The predicted molar refractivity (Wildman–Crippen MR) is 101 cm³/mol. The summed E-state index contributed by atoms with van der Waals surface area (Å²) < 4.78 is 1.81. The van der Waals surface area contributed by atoms with Crippen LogP contribution in [0.1, 0.15) is 23.2 Å². The molecule has 0 saturated heterocycles. The molecule has 3 aromatic heterocycles. The van der Waals surface area contributed by atoms with Gasteiger partial charge in [0.05, 0.1) is 12.1 Å². The number of hydrogen-bond donors (Lipinski definition) is 2. The van der Waals surface area contributed by atoms with Gasteiger partial charge >= 0.3 is 0 Å². The fraction of sp³-hybridized carbons (Fsp3) is 0.250. The van der Waals surface area contributed by atoms with Gasteiger partial charge in [-0.25, -0.2) is 9.50 Å². The van der Waals surface area contributed by atoms with Crippen molar-refractivity contribution in [1.82, 2.24) is 24.9 Å². The second-order valence-corrected chi connectivity index (χ2v) is 6.54. The van der Waals surface area contributed by atoms with Gasteiger partial charge in [-0.1, -0.05) is 18.2 Å². The monoisotopic (exact) mass is 347 g/mol. The Morgan fingerprint density at radius 2 is 2.19 bits per heavy atom. The minimum absolute atomic E-state index is 0.0473. The Morgan fingerprint density at radius 1 is 1.31 bits per heavy atom. The van der Waals surface area contributed by atoms with Gasteiger partial charge in [0.2, 0.25) is 5.91 Å². The van der Waals surface area contributed by atoms with Crippen LogP contribution in [0.4, 0.5) is 0 Å². The highest BCUT2D eigenvalue weighted by Crippen LogP contribution is 2.17. The first kappa shape index (κ1) is 16.3. The average Bonchev–Trinajstić information content (AvgIpc) is 3.21. The van der Waals surface area contributed by atoms with Crippen molar-refractivity contribution in [3.8, 4) is 0 Å². The van der Waals surface area contributed by atoms with Crippen LogP contribution in [0.25, 0.3) is 16.6 Å². The first-order valence-electron chi connectivity index (χ1n) is 8.81. The fourth-order valence-electron chi connectivity index (χ4n) is 3.20. The number of benzene rings is 1. The number of para-hydroxylation sites is 1. The molecule has 0 saturated carbocycles. The van der Waals surface area contributed by atoms with Crippen LogP contribution >= 0.6 is 0 Å². The molecule has 6 nitrogen and oxygen atoms in total. The third-order valence-electron chi connectivity index (χ3n) is 4.48. The summed E-state index contributed by atoms with van der Waals surface area (Å²) in [6.07, 6.45) is 7.91. The minimum atomic E-state index is 0.0473. The van der Waals surface area contributed by atoms with Gasteiger partial charge in [-0.15, -0.1) is 0 Å². The topological polar surface area (TPSA) is 75.1 Å². The van der Waals surface area contributed by atoms with Crippen molar-refractivity contribution in [3.63, 3.8) is 0 Å². The van der Waals surface area contributed by atoms with Crippen LogP contribution in [-0.2, 0) is 17.6 Å². The number of aromatic nitrogens is 4. The normalized spacial score (nSPS) is 11.3. The number of carbonyl (C=O) groups is 1. The molecule has 0 aliphatic heterocycles. The van der Waals surface area contributed by atoms with Crippen molar-refractivity contribution in [3.05, 3.63) is 65.7 Å². The van der Waals surface area contributed by atoms with Crippen molar-refractivity contribution >= 4 is 22.5 Å². The molecule has 6 heteroatoms. The summed E-state index contributed by atoms with van der Waals surface area (Å²) in [5, 5.41) is 8.49. The largest absolute Gasteiger partial charge is 0.361 e. The lowest BCUT2D eigenvalue weighted by Crippen LogP contribution is -2.26. The van der Waals surface area contributed by atoms with Crippen molar-refractivity contribution in [2.45, 2.75) is 26.2 Å².